The molecule has 5 heteroatoms. The van der Waals surface area contributed by atoms with Gasteiger partial charge in [0.1, 0.15) is 8.24 Å². The highest BCUT2D eigenvalue weighted by Crippen LogP contribution is 2.13. The number of nitrogens with zero attached hydrogens (tertiary/aromatic N) is 1. The van der Waals surface area contributed by atoms with Gasteiger partial charge in [0.15, 0.2) is 0 Å². The van der Waals surface area contributed by atoms with E-state index in [1.807, 2.05) is 14.2 Å². The Balaban J connectivity index is 4.53. The van der Waals surface area contributed by atoms with Crippen LogP contribution in [0.1, 0.15) is 13.8 Å². The maximum absolute atomic E-state index is 5.58. The van der Waals surface area contributed by atoms with Crippen LogP contribution in [0.2, 0.25) is 19.6 Å². The predicted octanol–water partition coefficient (Wildman–Crippen LogP) is 1.36. The summed E-state index contributed by atoms with van der Waals surface area (Å²) in [5, 5.41) is 0. The van der Waals surface area contributed by atoms with Crippen LogP contribution in [0, 0.1) is 5.92 Å². The molecule has 14 heavy (non-hydrogen) atoms. The molecule has 0 rings (SSSR count). The van der Waals surface area contributed by atoms with E-state index in [2.05, 4.69) is 42.7 Å². The summed E-state index contributed by atoms with van der Waals surface area (Å²) in [4.78, 5) is 3.34. The fourth-order valence-electron chi connectivity index (χ4n) is 1.52. The van der Waals surface area contributed by atoms with E-state index in [4.69, 9.17) is 4.43 Å². The van der Waals surface area contributed by atoms with E-state index in [1.54, 1.807) is 0 Å². The maximum Gasteiger partial charge on any atom is 0.330 e. The second-order valence-corrected chi connectivity index (χ2v) is 12.9. The van der Waals surface area contributed by atoms with Crippen molar-refractivity contribution in [1.29, 1.82) is 0 Å². The molecule has 0 spiro atoms. The first-order chi connectivity index (χ1) is 6.32. The lowest BCUT2D eigenvalue weighted by Crippen LogP contribution is -2.61. The van der Waals surface area contributed by atoms with Crippen molar-refractivity contribution in [3.05, 3.63) is 0 Å². The lowest BCUT2D eigenvalue weighted by atomic mass is 10.2. The van der Waals surface area contributed by atoms with Crippen molar-refractivity contribution >= 4 is 17.6 Å². The van der Waals surface area contributed by atoms with Gasteiger partial charge in [0.05, 0.1) is 0 Å². The zero-order valence-corrected chi connectivity index (χ0v) is 12.9. The fraction of sp³-hybridized carbons (Fsp3) is 1.00. The van der Waals surface area contributed by atoms with Crippen molar-refractivity contribution < 1.29 is 4.43 Å². The van der Waals surface area contributed by atoms with Gasteiger partial charge in [-0.05, 0) is 19.5 Å². The van der Waals surface area contributed by atoms with Crippen LogP contribution in [0.5, 0.6) is 0 Å². The fourth-order valence-corrected chi connectivity index (χ4v) is 7.36. The molecule has 1 atom stereocenters. The zero-order chi connectivity index (χ0) is 11.4. The lowest BCUT2D eigenvalue weighted by molar-refractivity contribution is 0.344. The van der Waals surface area contributed by atoms with Crippen LogP contribution < -0.4 is 4.98 Å². The smallest absolute Gasteiger partial charge is 0.330 e. The third-order valence-corrected chi connectivity index (χ3v) is 8.83. The Labute approximate surface area is 91.8 Å². The molecule has 0 aromatic carbocycles. The summed E-state index contributed by atoms with van der Waals surface area (Å²) < 4.78 is 8.19. The Bertz CT molecular complexity index is 155. The minimum absolute atomic E-state index is 0.709. The molecule has 0 aliphatic rings. The monoisotopic (exact) mass is 234 g/mol. The average Bonchev–Trinajstić information content (AvgIpc) is 2.02. The zero-order valence-electron chi connectivity index (χ0n) is 10.7. The van der Waals surface area contributed by atoms with Gasteiger partial charge in [0.25, 0.3) is 0 Å². The van der Waals surface area contributed by atoms with E-state index in [0.717, 1.165) is 6.54 Å². The molecule has 0 saturated heterocycles. The molecule has 0 aromatic rings. The van der Waals surface area contributed by atoms with Crippen LogP contribution in [0.25, 0.3) is 0 Å². The molecule has 0 fully saturated rings. The van der Waals surface area contributed by atoms with Crippen molar-refractivity contribution in [3.63, 3.8) is 0 Å². The van der Waals surface area contributed by atoms with Crippen LogP contribution in [-0.2, 0) is 4.43 Å². The molecule has 0 aliphatic carbocycles. The molecule has 0 bridgehead atoms. The molecular weight excluding hydrogens is 208 g/mol. The van der Waals surface area contributed by atoms with Crippen LogP contribution >= 0.6 is 0 Å². The molecule has 3 nitrogen and oxygen atoms in total. The quantitative estimate of drug-likeness (QED) is 0.703. The summed E-state index contributed by atoms with van der Waals surface area (Å²) in [7, 11) is 1.24. The van der Waals surface area contributed by atoms with Crippen LogP contribution in [0.4, 0.5) is 0 Å². The highest BCUT2D eigenvalue weighted by Gasteiger charge is 2.31. The Kier molecular flexibility index (Phi) is 6.15. The Morgan fingerprint density at radius 1 is 1.36 bits per heavy atom. The molecule has 1 unspecified atom stereocenters. The molecule has 0 amide bonds. The van der Waals surface area contributed by atoms with Gasteiger partial charge < -0.3 is 13.6 Å². The Morgan fingerprint density at radius 2 is 1.86 bits per heavy atom. The predicted molar refractivity (Wildman–Crippen MR) is 68.1 cm³/mol. The lowest BCUT2D eigenvalue weighted by Gasteiger charge is -2.39. The average molecular weight is 234 g/mol. The van der Waals surface area contributed by atoms with Gasteiger partial charge >= 0.3 is 9.36 Å². The Morgan fingerprint density at radius 3 is 2.07 bits per heavy atom. The standard InChI is InChI=1S/C9H26N2OSi2/c1-9(2)8-11(14(5,6)7)13(10-3)12-4/h9-10,13H,8H2,1-7H3. The van der Waals surface area contributed by atoms with E-state index in [9.17, 15) is 0 Å². The molecular formula is C9H26N2OSi2. The summed E-state index contributed by atoms with van der Waals surface area (Å²) >= 11 is 0. The summed E-state index contributed by atoms with van der Waals surface area (Å²) in [6.45, 7) is 12.8. The molecule has 0 aliphatic heterocycles. The summed E-state index contributed by atoms with van der Waals surface area (Å²) in [6.07, 6.45) is 0. The SMILES string of the molecule is CN[SiH](OC)N(CC(C)C)[Si](C)(C)C. The first-order valence-electron chi connectivity index (χ1n) is 5.29. The third kappa shape index (κ3) is 4.70. The molecule has 0 aromatic heterocycles. The maximum atomic E-state index is 5.58. The summed E-state index contributed by atoms with van der Waals surface area (Å²) in [6, 6.07) is 0. The van der Waals surface area contributed by atoms with Crippen molar-refractivity contribution in [1.82, 2.24) is 9.21 Å². The summed E-state index contributed by atoms with van der Waals surface area (Å²) in [5.74, 6) is 0.709. The molecule has 0 heterocycles. The van der Waals surface area contributed by atoms with E-state index >= 15 is 0 Å². The number of hydrogen-bond donors (Lipinski definition) is 1. The van der Waals surface area contributed by atoms with Crippen LogP contribution in [0.3, 0.4) is 0 Å². The first-order valence-corrected chi connectivity index (χ1v) is 10.3. The first kappa shape index (κ1) is 14.3. The topological polar surface area (TPSA) is 24.5 Å². The van der Waals surface area contributed by atoms with Crippen molar-refractivity contribution in [2.45, 2.75) is 33.5 Å². The molecule has 86 valence electrons. The van der Waals surface area contributed by atoms with E-state index in [0.29, 0.717) is 5.92 Å². The van der Waals surface area contributed by atoms with Crippen molar-refractivity contribution in [2.75, 3.05) is 20.7 Å². The van der Waals surface area contributed by atoms with Gasteiger partial charge in [0, 0.05) is 7.11 Å². The minimum Gasteiger partial charge on any atom is -0.398 e. The van der Waals surface area contributed by atoms with E-state index in [-0.39, 0.29) is 0 Å². The number of rotatable bonds is 6. The Hall–Kier alpha value is 0.314. The van der Waals surface area contributed by atoms with Crippen LogP contribution in [0.15, 0.2) is 0 Å². The summed E-state index contributed by atoms with van der Waals surface area (Å²) in [5.41, 5.74) is 0. The second-order valence-electron chi connectivity index (χ2n) is 5.09. The normalized spacial score (nSPS) is 15.2. The highest BCUT2D eigenvalue weighted by atomic mass is 28.4. The minimum atomic E-state index is -1.34. The molecule has 1 N–H and O–H groups in total. The number of hydrogen-bond acceptors (Lipinski definition) is 3. The third-order valence-electron chi connectivity index (χ3n) is 2.18. The van der Waals surface area contributed by atoms with Crippen molar-refractivity contribution in [2.24, 2.45) is 5.92 Å². The van der Waals surface area contributed by atoms with Crippen LogP contribution in [-0.4, -0.2) is 42.5 Å². The molecule has 0 saturated carbocycles. The van der Waals surface area contributed by atoms with Gasteiger partial charge in [-0.2, -0.15) is 0 Å². The van der Waals surface area contributed by atoms with Gasteiger partial charge in [0.2, 0.25) is 0 Å². The van der Waals surface area contributed by atoms with Gasteiger partial charge in [-0.25, -0.2) is 0 Å². The molecule has 0 radical (unpaired) electrons. The second kappa shape index (κ2) is 6.02. The highest BCUT2D eigenvalue weighted by molar-refractivity contribution is 6.81. The van der Waals surface area contributed by atoms with E-state index in [1.165, 1.54) is 0 Å². The van der Waals surface area contributed by atoms with Gasteiger partial charge in [-0.15, -0.1) is 0 Å². The van der Waals surface area contributed by atoms with Gasteiger partial charge in [-0.1, -0.05) is 33.5 Å². The number of nitrogens with one attached hydrogen (secondary N) is 1. The van der Waals surface area contributed by atoms with Gasteiger partial charge in [-0.3, -0.25) is 0 Å². The van der Waals surface area contributed by atoms with E-state index < -0.39 is 17.6 Å². The largest absolute Gasteiger partial charge is 0.398 e. The van der Waals surface area contributed by atoms with Crippen molar-refractivity contribution in [3.8, 4) is 0 Å².